The van der Waals surface area contributed by atoms with E-state index in [1.54, 1.807) is 12.4 Å². The molecule has 0 saturated heterocycles. The molecule has 0 aliphatic rings. The van der Waals surface area contributed by atoms with Gasteiger partial charge in [0.05, 0.1) is 18.5 Å². The van der Waals surface area contributed by atoms with Crippen molar-refractivity contribution in [2.24, 2.45) is 0 Å². The van der Waals surface area contributed by atoms with Crippen LogP contribution in [0.1, 0.15) is 18.1 Å². The Bertz CT molecular complexity index is 816. The van der Waals surface area contributed by atoms with Gasteiger partial charge in [-0.15, -0.1) is 11.3 Å². The maximum Gasteiger partial charge on any atom is 0.188 e. The molecule has 0 aromatic carbocycles. The molecule has 0 saturated carbocycles. The van der Waals surface area contributed by atoms with E-state index in [1.165, 1.54) is 11.3 Å². The summed E-state index contributed by atoms with van der Waals surface area (Å²) in [5.74, 6) is 1.64. The van der Waals surface area contributed by atoms with Crippen LogP contribution >= 0.6 is 11.3 Å². The van der Waals surface area contributed by atoms with Crippen LogP contribution in [0.2, 0.25) is 0 Å². The number of hydrogen-bond acceptors (Lipinski definition) is 6. The molecule has 0 aliphatic heterocycles. The number of aryl methyl sites for hydroxylation is 2. The van der Waals surface area contributed by atoms with Crippen LogP contribution < -0.4 is 10.1 Å². The van der Waals surface area contributed by atoms with E-state index >= 15 is 0 Å². The first kappa shape index (κ1) is 15.4. The second-order valence-electron chi connectivity index (χ2n) is 5.10. The third-order valence-corrected chi connectivity index (χ3v) is 4.12. The van der Waals surface area contributed by atoms with Crippen LogP contribution in [0.25, 0.3) is 11.4 Å². The molecule has 0 radical (unpaired) electrons. The van der Waals surface area contributed by atoms with E-state index in [1.807, 2.05) is 44.4 Å². The van der Waals surface area contributed by atoms with Crippen molar-refractivity contribution in [2.45, 2.75) is 20.8 Å². The molecule has 3 aromatic rings. The first-order valence-electron chi connectivity index (χ1n) is 7.41. The van der Waals surface area contributed by atoms with Gasteiger partial charge in [0.1, 0.15) is 17.3 Å². The highest BCUT2D eigenvalue weighted by Crippen LogP contribution is 2.28. The molecule has 0 aliphatic carbocycles. The molecule has 0 bridgehead atoms. The number of thiazole rings is 1. The van der Waals surface area contributed by atoms with Gasteiger partial charge < -0.3 is 10.1 Å². The molecule has 118 valence electrons. The highest BCUT2D eigenvalue weighted by atomic mass is 32.1. The van der Waals surface area contributed by atoms with Crippen molar-refractivity contribution < 1.29 is 4.74 Å². The summed E-state index contributed by atoms with van der Waals surface area (Å²) in [6.07, 6.45) is 3.52. The number of ether oxygens (including phenoxy) is 1. The highest BCUT2D eigenvalue weighted by molar-refractivity contribution is 7.14. The fourth-order valence-electron chi connectivity index (χ4n) is 2.16. The molecule has 3 aromatic heterocycles. The van der Waals surface area contributed by atoms with Crippen LogP contribution in [0.5, 0.6) is 5.75 Å². The first-order chi connectivity index (χ1) is 11.2. The normalized spacial score (nSPS) is 10.6. The maximum atomic E-state index is 5.52. The number of aromatic nitrogens is 3. The smallest absolute Gasteiger partial charge is 0.188 e. The quantitative estimate of drug-likeness (QED) is 0.755. The molecule has 23 heavy (non-hydrogen) atoms. The summed E-state index contributed by atoms with van der Waals surface area (Å²) in [5, 5.41) is 6.04. The Labute approximate surface area is 139 Å². The van der Waals surface area contributed by atoms with Crippen molar-refractivity contribution in [1.82, 2.24) is 15.0 Å². The minimum atomic E-state index is 0.635. The van der Waals surface area contributed by atoms with Gasteiger partial charge in [-0.3, -0.25) is 4.98 Å². The van der Waals surface area contributed by atoms with Crippen LogP contribution in [0.4, 0.5) is 10.9 Å². The van der Waals surface area contributed by atoms with E-state index in [2.05, 4.69) is 20.3 Å². The van der Waals surface area contributed by atoms with Crippen LogP contribution in [0.15, 0.2) is 36.0 Å². The number of pyridine rings is 2. The molecule has 0 atom stereocenters. The Balaban J connectivity index is 1.82. The molecule has 0 spiro atoms. The molecule has 1 N–H and O–H groups in total. The van der Waals surface area contributed by atoms with Crippen molar-refractivity contribution in [1.29, 1.82) is 0 Å². The van der Waals surface area contributed by atoms with Crippen LogP contribution in [0.3, 0.4) is 0 Å². The minimum Gasteiger partial charge on any atom is -0.492 e. The van der Waals surface area contributed by atoms with Crippen molar-refractivity contribution >= 4 is 22.3 Å². The SMILES string of the molecule is CCOc1cnc(-c2csc(Nc3ncccc3C)n2)cc1C. The second-order valence-corrected chi connectivity index (χ2v) is 5.96. The number of anilines is 2. The first-order valence-corrected chi connectivity index (χ1v) is 8.29. The monoisotopic (exact) mass is 326 g/mol. The number of rotatable bonds is 5. The van der Waals surface area contributed by atoms with Gasteiger partial charge in [0.25, 0.3) is 0 Å². The lowest BCUT2D eigenvalue weighted by molar-refractivity contribution is 0.336. The van der Waals surface area contributed by atoms with Crippen molar-refractivity contribution in [2.75, 3.05) is 11.9 Å². The van der Waals surface area contributed by atoms with E-state index in [0.717, 1.165) is 39.2 Å². The van der Waals surface area contributed by atoms with Gasteiger partial charge in [0.15, 0.2) is 5.13 Å². The fourth-order valence-corrected chi connectivity index (χ4v) is 2.86. The Morgan fingerprint density at radius 2 is 2.04 bits per heavy atom. The fraction of sp³-hybridized carbons (Fsp3) is 0.235. The van der Waals surface area contributed by atoms with E-state index in [-0.39, 0.29) is 0 Å². The van der Waals surface area contributed by atoms with Gasteiger partial charge in [0, 0.05) is 11.6 Å². The molecular formula is C17H18N4OS. The van der Waals surface area contributed by atoms with E-state index in [0.29, 0.717) is 6.61 Å². The largest absolute Gasteiger partial charge is 0.492 e. The van der Waals surface area contributed by atoms with Crippen molar-refractivity contribution in [3.8, 4) is 17.1 Å². The lowest BCUT2D eigenvalue weighted by Gasteiger charge is -2.07. The summed E-state index contributed by atoms with van der Waals surface area (Å²) >= 11 is 1.53. The van der Waals surface area contributed by atoms with Crippen LogP contribution in [-0.4, -0.2) is 21.6 Å². The summed E-state index contributed by atoms with van der Waals surface area (Å²) in [7, 11) is 0. The summed E-state index contributed by atoms with van der Waals surface area (Å²) in [4.78, 5) is 13.4. The molecule has 6 heteroatoms. The molecule has 3 heterocycles. The van der Waals surface area contributed by atoms with E-state index in [9.17, 15) is 0 Å². The van der Waals surface area contributed by atoms with Gasteiger partial charge in [0.2, 0.25) is 0 Å². The van der Waals surface area contributed by atoms with Crippen molar-refractivity contribution in [3.63, 3.8) is 0 Å². The van der Waals surface area contributed by atoms with Crippen molar-refractivity contribution in [3.05, 3.63) is 47.1 Å². The summed E-state index contributed by atoms with van der Waals surface area (Å²) in [6, 6.07) is 5.93. The zero-order chi connectivity index (χ0) is 16.2. The molecule has 3 rings (SSSR count). The second kappa shape index (κ2) is 6.75. The summed E-state index contributed by atoms with van der Waals surface area (Å²) in [5.41, 5.74) is 3.82. The summed E-state index contributed by atoms with van der Waals surface area (Å²) < 4.78 is 5.52. The zero-order valence-electron chi connectivity index (χ0n) is 13.3. The average molecular weight is 326 g/mol. The number of nitrogens with zero attached hydrogens (tertiary/aromatic N) is 3. The summed E-state index contributed by atoms with van der Waals surface area (Å²) in [6.45, 7) is 6.63. The predicted molar refractivity (Wildman–Crippen MR) is 93.5 cm³/mol. The van der Waals surface area contributed by atoms with Gasteiger partial charge >= 0.3 is 0 Å². The highest BCUT2D eigenvalue weighted by Gasteiger charge is 2.09. The van der Waals surface area contributed by atoms with Gasteiger partial charge in [-0.05, 0) is 44.0 Å². The molecule has 0 unspecified atom stereocenters. The molecule has 0 amide bonds. The lowest BCUT2D eigenvalue weighted by atomic mass is 10.2. The number of nitrogens with one attached hydrogen (secondary N) is 1. The van der Waals surface area contributed by atoms with Gasteiger partial charge in [-0.1, -0.05) is 6.07 Å². The van der Waals surface area contributed by atoms with Gasteiger partial charge in [-0.25, -0.2) is 9.97 Å². The third-order valence-electron chi connectivity index (χ3n) is 3.36. The van der Waals surface area contributed by atoms with E-state index < -0.39 is 0 Å². The van der Waals surface area contributed by atoms with E-state index in [4.69, 9.17) is 4.74 Å². The average Bonchev–Trinajstić information content (AvgIpc) is 3.00. The van der Waals surface area contributed by atoms with Gasteiger partial charge in [-0.2, -0.15) is 0 Å². The minimum absolute atomic E-state index is 0.635. The third kappa shape index (κ3) is 3.48. The zero-order valence-corrected chi connectivity index (χ0v) is 14.1. The van der Waals surface area contributed by atoms with Crippen LogP contribution in [-0.2, 0) is 0 Å². The molecular weight excluding hydrogens is 308 g/mol. The molecule has 0 fully saturated rings. The van der Waals surface area contributed by atoms with Crippen LogP contribution in [0, 0.1) is 13.8 Å². The Hall–Kier alpha value is -2.47. The Morgan fingerprint density at radius 3 is 2.78 bits per heavy atom. The lowest BCUT2D eigenvalue weighted by Crippen LogP contribution is -1.97. The Kier molecular flexibility index (Phi) is 4.52. The Morgan fingerprint density at radius 1 is 1.17 bits per heavy atom. The molecule has 5 nitrogen and oxygen atoms in total. The number of hydrogen-bond donors (Lipinski definition) is 1. The standard InChI is InChI=1S/C17H18N4OS/c1-4-22-15-9-19-13(8-12(15)3)14-10-23-17(20-14)21-16-11(2)6-5-7-18-16/h5-10H,4H2,1-3H3,(H,18,20,21). The maximum absolute atomic E-state index is 5.52. The topological polar surface area (TPSA) is 59.9 Å². The predicted octanol–water partition coefficient (Wildman–Crippen LogP) is 4.36.